The van der Waals surface area contributed by atoms with Crippen LogP contribution < -0.4 is 5.32 Å². The molecule has 0 bridgehead atoms. The van der Waals surface area contributed by atoms with Gasteiger partial charge in [0.05, 0.1) is 5.56 Å². The van der Waals surface area contributed by atoms with Gasteiger partial charge in [-0.2, -0.15) is 18.4 Å². The van der Waals surface area contributed by atoms with Gasteiger partial charge in [-0.1, -0.05) is 0 Å². The minimum Gasteiger partial charge on any atom is -0.303 e. The number of aryl methyl sites for hydroxylation is 1. The van der Waals surface area contributed by atoms with E-state index in [9.17, 15) is 18.0 Å². The van der Waals surface area contributed by atoms with Crippen LogP contribution >= 0.6 is 0 Å². The van der Waals surface area contributed by atoms with E-state index >= 15 is 0 Å². The maximum atomic E-state index is 11.9. The second-order valence-electron chi connectivity index (χ2n) is 2.95. The van der Waals surface area contributed by atoms with Crippen molar-refractivity contribution in [1.82, 2.24) is 4.98 Å². The summed E-state index contributed by atoms with van der Waals surface area (Å²) in [6.07, 6.45) is -3.86. The van der Waals surface area contributed by atoms with Gasteiger partial charge in [-0.25, -0.2) is 4.98 Å². The molecule has 1 heterocycles. The molecule has 84 valence electrons. The lowest BCUT2D eigenvalue weighted by Crippen LogP contribution is -2.30. The predicted molar refractivity (Wildman–Crippen MR) is 48.4 cm³/mol. The normalized spacial score (nSPS) is 10.7. The predicted octanol–water partition coefficient (Wildman–Crippen LogP) is 1.76. The summed E-state index contributed by atoms with van der Waals surface area (Å²) in [5.41, 5.74) is 0.681. The highest BCUT2D eigenvalue weighted by atomic mass is 19.4. The molecule has 1 rings (SSSR count). The van der Waals surface area contributed by atoms with Gasteiger partial charge in [-0.15, -0.1) is 0 Å². The smallest absolute Gasteiger partial charge is 0.303 e. The van der Waals surface area contributed by atoms with E-state index in [2.05, 4.69) is 4.98 Å². The first-order valence-corrected chi connectivity index (χ1v) is 4.09. The Balaban J connectivity index is 2.89. The topological polar surface area (TPSA) is 65.8 Å². The Morgan fingerprint density at radius 2 is 2.19 bits per heavy atom. The molecule has 1 aromatic rings. The number of nitrogens with zero attached hydrogens (tertiary/aromatic N) is 2. The van der Waals surface area contributed by atoms with Crippen molar-refractivity contribution in [2.75, 3.05) is 5.32 Å². The van der Waals surface area contributed by atoms with Gasteiger partial charge in [0.2, 0.25) is 0 Å². The number of pyridine rings is 1. The fraction of sp³-hybridized carbons (Fsp3) is 0.222. The summed E-state index contributed by atoms with van der Waals surface area (Å²) in [6.45, 7) is 1.53. The molecule has 0 saturated carbocycles. The van der Waals surface area contributed by atoms with Crippen LogP contribution in [-0.2, 0) is 4.79 Å². The summed E-state index contributed by atoms with van der Waals surface area (Å²) in [6, 6.07) is 3.01. The maximum absolute atomic E-state index is 11.9. The van der Waals surface area contributed by atoms with E-state index in [1.165, 1.54) is 13.0 Å². The quantitative estimate of drug-likeness (QED) is 0.797. The van der Waals surface area contributed by atoms with E-state index in [-0.39, 0.29) is 11.4 Å². The van der Waals surface area contributed by atoms with Gasteiger partial charge < -0.3 is 5.32 Å². The van der Waals surface area contributed by atoms with Crippen molar-refractivity contribution < 1.29 is 18.0 Å². The molecule has 0 unspecified atom stereocenters. The Kier molecular flexibility index (Phi) is 3.13. The Hall–Kier alpha value is -2.10. The number of anilines is 1. The van der Waals surface area contributed by atoms with E-state index < -0.39 is 12.1 Å². The number of carbonyl (C=O) groups is 1. The number of alkyl halides is 3. The number of carbonyl (C=O) groups excluding carboxylic acids is 1. The molecule has 0 aliphatic carbocycles. The fourth-order valence-corrected chi connectivity index (χ4v) is 0.929. The number of nitriles is 1. The number of nitrogens with one attached hydrogen (secondary N) is 1. The molecule has 4 nitrogen and oxygen atoms in total. The van der Waals surface area contributed by atoms with Crippen LogP contribution in [0.1, 0.15) is 11.1 Å². The highest BCUT2D eigenvalue weighted by molar-refractivity contribution is 5.94. The highest BCUT2D eigenvalue weighted by Crippen LogP contribution is 2.18. The average Bonchev–Trinajstić information content (AvgIpc) is 2.16. The molecule has 16 heavy (non-hydrogen) atoms. The van der Waals surface area contributed by atoms with Crippen LogP contribution in [0.4, 0.5) is 19.0 Å². The first kappa shape index (κ1) is 12.0. The Morgan fingerprint density at radius 3 is 2.62 bits per heavy atom. The third kappa shape index (κ3) is 2.70. The highest BCUT2D eigenvalue weighted by Gasteiger charge is 2.38. The molecule has 1 N–H and O–H groups in total. The van der Waals surface area contributed by atoms with Crippen LogP contribution in [-0.4, -0.2) is 17.1 Å². The largest absolute Gasteiger partial charge is 0.471 e. The molecule has 0 aliphatic rings. The van der Waals surface area contributed by atoms with E-state index in [1.54, 1.807) is 5.32 Å². The first-order chi connectivity index (χ1) is 7.34. The van der Waals surface area contributed by atoms with E-state index in [0.29, 0.717) is 5.56 Å². The van der Waals surface area contributed by atoms with Crippen LogP contribution in [0.5, 0.6) is 0 Å². The van der Waals surface area contributed by atoms with Crippen LogP contribution in [0.3, 0.4) is 0 Å². The third-order valence-corrected chi connectivity index (χ3v) is 1.73. The number of rotatable bonds is 1. The zero-order valence-corrected chi connectivity index (χ0v) is 8.09. The van der Waals surface area contributed by atoms with Gasteiger partial charge in [-0.05, 0) is 18.6 Å². The monoisotopic (exact) mass is 229 g/mol. The van der Waals surface area contributed by atoms with Crippen LogP contribution in [0.15, 0.2) is 12.3 Å². The van der Waals surface area contributed by atoms with E-state index in [4.69, 9.17) is 5.26 Å². The molecule has 0 aliphatic heterocycles. The van der Waals surface area contributed by atoms with Gasteiger partial charge in [-0.3, -0.25) is 4.79 Å². The zero-order chi connectivity index (χ0) is 12.3. The molecular weight excluding hydrogens is 223 g/mol. The van der Waals surface area contributed by atoms with Crippen molar-refractivity contribution in [3.05, 3.63) is 23.4 Å². The Bertz CT molecular complexity index is 462. The van der Waals surface area contributed by atoms with Gasteiger partial charge >= 0.3 is 12.1 Å². The minimum atomic E-state index is -4.95. The number of hydrogen-bond acceptors (Lipinski definition) is 3. The van der Waals surface area contributed by atoms with Crippen molar-refractivity contribution >= 4 is 11.7 Å². The maximum Gasteiger partial charge on any atom is 0.471 e. The summed E-state index contributed by atoms with van der Waals surface area (Å²) < 4.78 is 35.7. The van der Waals surface area contributed by atoms with Crippen molar-refractivity contribution in [3.63, 3.8) is 0 Å². The SMILES string of the molecule is Cc1cc(NC(=O)C(F)(F)F)ncc1C#N. The second-order valence-corrected chi connectivity index (χ2v) is 2.95. The summed E-state index contributed by atoms with van der Waals surface area (Å²) in [5.74, 6) is -2.33. The molecule has 1 amide bonds. The average molecular weight is 229 g/mol. The van der Waals surface area contributed by atoms with Crippen LogP contribution in [0.25, 0.3) is 0 Å². The molecule has 0 radical (unpaired) electrons. The standard InChI is InChI=1S/C9H6F3N3O/c1-5-2-7(14-4-6(5)3-13)15-8(16)9(10,11)12/h2,4H,1H3,(H,14,15,16). The van der Waals surface area contributed by atoms with Crippen LogP contribution in [0.2, 0.25) is 0 Å². The lowest BCUT2D eigenvalue weighted by Gasteiger charge is -2.07. The summed E-state index contributed by atoms with van der Waals surface area (Å²) in [4.78, 5) is 14.1. The third-order valence-electron chi connectivity index (χ3n) is 1.73. The van der Waals surface area contributed by atoms with E-state index in [0.717, 1.165) is 6.20 Å². The molecule has 0 saturated heterocycles. The number of amides is 1. The molecule has 1 aromatic heterocycles. The van der Waals surface area contributed by atoms with Crippen LogP contribution in [0, 0.1) is 18.3 Å². The summed E-state index contributed by atoms with van der Waals surface area (Å²) in [7, 11) is 0. The van der Waals surface area contributed by atoms with E-state index in [1.807, 2.05) is 6.07 Å². The second kappa shape index (κ2) is 4.18. The Morgan fingerprint density at radius 1 is 1.56 bits per heavy atom. The Labute approximate surface area is 88.7 Å². The van der Waals surface area contributed by atoms with Gasteiger partial charge in [0.1, 0.15) is 11.9 Å². The lowest BCUT2D eigenvalue weighted by molar-refractivity contribution is -0.167. The van der Waals surface area contributed by atoms with Gasteiger partial charge in [0.25, 0.3) is 0 Å². The molecule has 0 spiro atoms. The van der Waals surface area contributed by atoms with Crippen molar-refractivity contribution in [3.8, 4) is 6.07 Å². The molecule has 0 atom stereocenters. The van der Waals surface area contributed by atoms with Crippen molar-refractivity contribution in [2.24, 2.45) is 0 Å². The lowest BCUT2D eigenvalue weighted by atomic mass is 10.2. The van der Waals surface area contributed by atoms with Crippen molar-refractivity contribution in [1.29, 1.82) is 5.26 Å². The summed E-state index contributed by atoms with van der Waals surface area (Å²) >= 11 is 0. The minimum absolute atomic E-state index is 0.237. The molecule has 0 fully saturated rings. The zero-order valence-electron chi connectivity index (χ0n) is 8.09. The number of hydrogen-bond donors (Lipinski definition) is 1. The molecule has 7 heteroatoms. The number of halogens is 3. The first-order valence-electron chi connectivity index (χ1n) is 4.09. The molecule has 0 aromatic carbocycles. The number of aromatic nitrogens is 1. The van der Waals surface area contributed by atoms with Gasteiger partial charge in [0, 0.05) is 6.20 Å². The summed E-state index contributed by atoms with van der Waals surface area (Å²) in [5, 5.41) is 10.2. The van der Waals surface area contributed by atoms with Gasteiger partial charge in [0.15, 0.2) is 0 Å². The molecular formula is C9H6F3N3O. The van der Waals surface area contributed by atoms with Crippen molar-refractivity contribution in [2.45, 2.75) is 13.1 Å². The fourth-order valence-electron chi connectivity index (χ4n) is 0.929.